The molecule has 4 nitrogen and oxygen atoms in total. The minimum atomic E-state index is -4.55. The zero-order valence-corrected chi connectivity index (χ0v) is 12.2. The van der Waals surface area contributed by atoms with Gasteiger partial charge < -0.3 is 15.3 Å². The number of carboxylic acids is 1. The van der Waals surface area contributed by atoms with Gasteiger partial charge in [0.25, 0.3) is 0 Å². The molecular weight excluding hydrogens is 285 g/mol. The first-order valence-corrected chi connectivity index (χ1v) is 6.51. The molecule has 0 radical (unpaired) electrons. The number of hydrogen-bond donors (Lipinski definition) is 2. The molecule has 0 saturated carbocycles. The van der Waals surface area contributed by atoms with E-state index in [-0.39, 0.29) is 11.3 Å². The Morgan fingerprint density at radius 3 is 2.48 bits per heavy atom. The van der Waals surface area contributed by atoms with Gasteiger partial charge in [-0.25, -0.2) is 4.79 Å². The Hall–Kier alpha value is -1.76. The summed E-state index contributed by atoms with van der Waals surface area (Å²) in [4.78, 5) is 13.1. The van der Waals surface area contributed by atoms with Gasteiger partial charge in [0.15, 0.2) is 0 Å². The molecule has 0 fully saturated rings. The van der Waals surface area contributed by atoms with E-state index in [0.29, 0.717) is 25.2 Å². The van der Waals surface area contributed by atoms with Crippen LogP contribution in [0.2, 0.25) is 0 Å². The van der Waals surface area contributed by atoms with Crippen LogP contribution in [0.3, 0.4) is 0 Å². The van der Waals surface area contributed by atoms with E-state index >= 15 is 0 Å². The summed E-state index contributed by atoms with van der Waals surface area (Å²) in [6, 6.07) is 3.01. The minimum absolute atomic E-state index is 0.188. The fourth-order valence-corrected chi connectivity index (χ4v) is 1.68. The van der Waals surface area contributed by atoms with E-state index in [1.807, 2.05) is 25.8 Å². The van der Waals surface area contributed by atoms with Gasteiger partial charge in [-0.05, 0) is 39.1 Å². The zero-order chi connectivity index (χ0) is 16.2. The Morgan fingerprint density at radius 1 is 1.38 bits per heavy atom. The van der Waals surface area contributed by atoms with Crippen LogP contribution in [0, 0.1) is 0 Å². The lowest BCUT2D eigenvalue weighted by atomic mass is 10.1. The molecule has 0 bridgehead atoms. The summed E-state index contributed by atoms with van der Waals surface area (Å²) in [7, 11) is 1.91. The summed E-state index contributed by atoms with van der Waals surface area (Å²) in [6.07, 6.45) is -4.55. The van der Waals surface area contributed by atoms with E-state index in [1.54, 1.807) is 0 Å². The third-order valence-corrected chi connectivity index (χ3v) is 3.24. The number of nitrogens with zero attached hydrogens (tertiary/aromatic N) is 1. The van der Waals surface area contributed by atoms with Crippen LogP contribution in [0.15, 0.2) is 18.2 Å². The molecular formula is C14H19F3N2O2. The minimum Gasteiger partial charge on any atom is -0.478 e. The van der Waals surface area contributed by atoms with E-state index in [4.69, 9.17) is 5.11 Å². The number of alkyl halides is 3. The highest BCUT2D eigenvalue weighted by Gasteiger charge is 2.31. The van der Waals surface area contributed by atoms with Gasteiger partial charge in [0.2, 0.25) is 0 Å². The van der Waals surface area contributed by atoms with Crippen LogP contribution in [0.5, 0.6) is 0 Å². The zero-order valence-electron chi connectivity index (χ0n) is 12.2. The van der Waals surface area contributed by atoms with Crippen molar-refractivity contribution in [3.8, 4) is 0 Å². The van der Waals surface area contributed by atoms with Gasteiger partial charge in [0.05, 0.1) is 11.1 Å². The van der Waals surface area contributed by atoms with Crippen LogP contribution in [-0.4, -0.2) is 42.2 Å². The molecule has 1 rings (SSSR count). The fraction of sp³-hybridized carbons (Fsp3) is 0.500. The van der Waals surface area contributed by atoms with Crippen molar-refractivity contribution in [2.45, 2.75) is 26.1 Å². The first kappa shape index (κ1) is 17.3. The van der Waals surface area contributed by atoms with Gasteiger partial charge >= 0.3 is 12.1 Å². The maximum atomic E-state index is 12.6. The average molecular weight is 304 g/mol. The highest BCUT2D eigenvalue weighted by Crippen LogP contribution is 2.31. The van der Waals surface area contributed by atoms with E-state index in [0.717, 1.165) is 12.1 Å². The molecule has 0 atom stereocenters. The van der Waals surface area contributed by atoms with Crippen molar-refractivity contribution in [3.63, 3.8) is 0 Å². The van der Waals surface area contributed by atoms with Gasteiger partial charge in [-0.1, -0.05) is 0 Å². The quantitative estimate of drug-likeness (QED) is 0.847. The van der Waals surface area contributed by atoms with Crippen molar-refractivity contribution < 1.29 is 23.1 Å². The Morgan fingerprint density at radius 2 is 2.00 bits per heavy atom. The SMILES string of the molecule is CC(C)N(C)CCNc1ccc(C(F)(F)F)cc1C(=O)O. The highest BCUT2D eigenvalue weighted by atomic mass is 19.4. The number of benzene rings is 1. The Bertz CT molecular complexity index is 501. The first-order valence-electron chi connectivity index (χ1n) is 6.51. The van der Waals surface area contributed by atoms with E-state index < -0.39 is 17.7 Å². The van der Waals surface area contributed by atoms with Crippen molar-refractivity contribution in [1.29, 1.82) is 0 Å². The van der Waals surface area contributed by atoms with Crippen LogP contribution < -0.4 is 5.32 Å². The molecule has 0 aliphatic heterocycles. The molecule has 0 aliphatic rings. The van der Waals surface area contributed by atoms with Gasteiger partial charge in [0, 0.05) is 24.8 Å². The van der Waals surface area contributed by atoms with Crippen molar-refractivity contribution in [2.24, 2.45) is 0 Å². The summed E-state index contributed by atoms with van der Waals surface area (Å²) < 4.78 is 37.8. The summed E-state index contributed by atoms with van der Waals surface area (Å²) in [5.74, 6) is -1.39. The van der Waals surface area contributed by atoms with Crippen LogP contribution in [0.1, 0.15) is 29.8 Å². The predicted molar refractivity (Wildman–Crippen MR) is 74.7 cm³/mol. The Labute approximate surface area is 121 Å². The van der Waals surface area contributed by atoms with Crippen LogP contribution in [0.4, 0.5) is 18.9 Å². The number of carbonyl (C=O) groups is 1. The lowest BCUT2D eigenvalue weighted by Gasteiger charge is -2.21. The highest BCUT2D eigenvalue weighted by molar-refractivity contribution is 5.94. The lowest BCUT2D eigenvalue weighted by Crippen LogP contribution is -2.31. The standard InChI is InChI=1S/C14H19F3N2O2/c1-9(2)19(3)7-6-18-12-5-4-10(14(15,16)17)8-11(12)13(20)21/h4-5,8-9,18H,6-7H2,1-3H3,(H,20,21). The maximum Gasteiger partial charge on any atom is 0.416 e. The third kappa shape index (κ3) is 4.93. The number of carboxylic acid groups (broad SMARTS) is 1. The summed E-state index contributed by atoms with van der Waals surface area (Å²) in [5.41, 5.74) is -1.16. The average Bonchev–Trinajstić information content (AvgIpc) is 2.37. The molecule has 21 heavy (non-hydrogen) atoms. The summed E-state index contributed by atoms with van der Waals surface area (Å²) in [5, 5.41) is 11.9. The van der Waals surface area contributed by atoms with Crippen molar-refractivity contribution in [2.75, 3.05) is 25.5 Å². The van der Waals surface area contributed by atoms with Crippen molar-refractivity contribution in [1.82, 2.24) is 4.90 Å². The van der Waals surface area contributed by atoms with E-state index in [2.05, 4.69) is 5.32 Å². The molecule has 0 amide bonds. The number of anilines is 1. The van der Waals surface area contributed by atoms with Crippen LogP contribution in [0.25, 0.3) is 0 Å². The Balaban J connectivity index is 2.85. The molecule has 7 heteroatoms. The smallest absolute Gasteiger partial charge is 0.416 e. The second kappa shape index (κ2) is 6.80. The van der Waals surface area contributed by atoms with Crippen molar-refractivity contribution >= 4 is 11.7 Å². The monoisotopic (exact) mass is 304 g/mol. The van der Waals surface area contributed by atoms with E-state index in [9.17, 15) is 18.0 Å². The van der Waals surface area contributed by atoms with Gasteiger partial charge in [-0.15, -0.1) is 0 Å². The molecule has 0 heterocycles. The van der Waals surface area contributed by atoms with Gasteiger partial charge in [-0.3, -0.25) is 0 Å². The molecule has 0 aliphatic carbocycles. The largest absolute Gasteiger partial charge is 0.478 e. The lowest BCUT2D eigenvalue weighted by molar-refractivity contribution is -0.137. The normalized spacial score (nSPS) is 12.0. The number of halogens is 3. The van der Waals surface area contributed by atoms with Crippen LogP contribution >= 0.6 is 0 Å². The molecule has 1 aromatic carbocycles. The fourth-order valence-electron chi connectivity index (χ4n) is 1.68. The predicted octanol–water partition coefficient (Wildman–Crippen LogP) is 3.16. The summed E-state index contributed by atoms with van der Waals surface area (Å²) >= 11 is 0. The molecule has 0 spiro atoms. The molecule has 0 unspecified atom stereocenters. The maximum absolute atomic E-state index is 12.6. The van der Waals surface area contributed by atoms with E-state index in [1.165, 1.54) is 0 Å². The number of aromatic carboxylic acids is 1. The number of rotatable bonds is 6. The molecule has 118 valence electrons. The van der Waals surface area contributed by atoms with Crippen molar-refractivity contribution in [3.05, 3.63) is 29.3 Å². The second-order valence-corrected chi connectivity index (χ2v) is 5.06. The number of hydrogen-bond acceptors (Lipinski definition) is 3. The second-order valence-electron chi connectivity index (χ2n) is 5.06. The first-order chi connectivity index (χ1) is 9.62. The number of likely N-dealkylation sites (N-methyl/N-ethyl adjacent to an activating group) is 1. The van der Waals surface area contributed by atoms with Gasteiger partial charge in [-0.2, -0.15) is 13.2 Å². The third-order valence-electron chi connectivity index (χ3n) is 3.24. The molecule has 1 aromatic rings. The Kier molecular flexibility index (Phi) is 5.60. The number of nitrogens with one attached hydrogen (secondary N) is 1. The van der Waals surface area contributed by atoms with Crippen LogP contribution in [-0.2, 0) is 6.18 Å². The molecule has 0 aromatic heterocycles. The topological polar surface area (TPSA) is 52.6 Å². The molecule has 0 saturated heterocycles. The summed E-state index contributed by atoms with van der Waals surface area (Å²) in [6.45, 7) is 5.12. The van der Waals surface area contributed by atoms with Gasteiger partial charge in [0.1, 0.15) is 0 Å². The molecule has 2 N–H and O–H groups in total.